The lowest BCUT2D eigenvalue weighted by Gasteiger charge is -2.15. The minimum atomic E-state index is -0.618. The van der Waals surface area contributed by atoms with Crippen LogP contribution < -0.4 is 10.5 Å². The van der Waals surface area contributed by atoms with Gasteiger partial charge in [-0.2, -0.15) is 5.26 Å². The molecule has 0 bridgehead atoms. The number of benzene rings is 1. The largest absolute Gasteiger partial charge is 0.493 e. The van der Waals surface area contributed by atoms with E-state index in [1.807, 2.05) is 6.07 Å². The van der Waals surface area contributed by atoms with Crippen LogP contribution in [0.5, 0.6) is 5.75 Å². The Morgan fingerprint density at radius 2 is 2.16 bits per heavy atom. The van der Waals surface area contributed by atoms with Gasteiger partial charge in [-0.25, -0.2) is 4.39 Å². The van der Waals surface area contributed by atoms with Gasteiger partial charge >= 0.3 is 0 Å². The summed E-state index contributed by atoms with van der Waals surface area (Å²) < 4.78 is 19.4. The van der Waals surface area contributed by atoms with Gasteiger partial charge in [0.1, 0.15) is 11.8 Å². The van der Waals surface area contributed by atoms with Gasteiger partial charge in [-0.15, -0.1) is 0 Å². The van der Waals surface area contributed by atoms with Crippen LogP contribution in [0.1, 0.15) is 11.1 Å². The van der Waals surface area contributed by atoms with Crippen molar-refractivity contribution >= 4 is 5.69 Å². The van der Waals surface area contributed by atoms with Crippen molar-refractivity contribution in [1.82, 2.24) is 4.98 Å². The van der Waals surface area contributed by atoms with Crippen molar-refractivity contribution in [2.75, 3.05) is 12.8 Å². The van der Waals surface area contributed by atoms with Gasteiger partial charge in [-0.1, -0.05) is 6.07 Å². The molecule has 0 saturated heterocycles. The van der Waals surface area contributed by atoms with E-state index in [4.69, 9.17) is 10.5 Å². The third kappa shape index (κ3) is 1.97. The molecule has 0 fully saturated rings. The Bertz CT molecular complexity index is 663. The second kappa shape index (κ2) is 4.94. The number of anilines is 1. The van der Waals surface area contributed by atoms with E-state index in [1.165, 1.54) is 7.11 Å². The first kappa shape index (κ1) is 12.8. The smallest absolute Gasteiger partial charge is 0.162 e. The van der Waals surface area contributed by atoms with Crippen LogP contribution in [0.15, 0.2) is 24.4 Å². The van der Waals surface area contributed by atoms with E-state index in [0.29, 0.717) is 11.3 Å². The summed E-state index contributed by atoms with van der Waals surface area (Å²) in [5.41, 5.74) is 6.87. The van der Waals surface area contributed by atoms with E-state index < -0.39 is 5.82 Å². The van der Waals surface area contributed by atoms with Gasteiger partial charge in [0, 0.05) is 11.8 Å². The summed E-state index contributed by atoms with van der Waals surface area (Å²) in [6, 6.07) is 7.13. The SMILES string of the molecule is COc1c(N)c(F)c(-c2ccccn2)c(C)c1C#N. The Morgan fingerprint density at radius 3 is 2.68 bits per heavy atom. The Balaban J connectivity index is 2.84. The fourth-order valence-electron chi connectivity index (χ4n) is 1.99. The van der Waals surface area contributed by atoms with Crippen LogP contribution >= 0.6 is 0 Å². The molecule has 0 saturated carbocycles. The number of nitrogens with zero attached hydrogens (tertiary/aromatic N) is 2. The second-order valence-electron chi connectivity index (χ2n) is 3.96. The molecule has 0 radical (unpaired) electrons. The molecule has 1 aromatic heterocycles. The van der Waals surface area contributed by atoms with Crippen LogP contribution in [-0.4, -0.2) is 12.1 Å². The molecule has 2 N–H and O–H groups in total. The molecular formula is C14H12FN3O. The molecule has 0 spiro atoms. The van der Waals surface area contributed by atoms with Gasteiger partial charge in [0.2, 0.25) is 0 Å². The number of nitriles is 1. The molecule has 4 nitrogen and oxygen atoms in total. The van der Waals surface area contributed by atoms with Crippen LogP contribution in [0.25, 0.3) is 11.3 Å². The minimum Gasteiger partial charge on any atom is -0.493 e. The molecule has 0 unspecified atom stereocenters. The summed E-state index contributed by atoms with van der Waals surface area (Å²) >= 11 is 0. The normalized spacial score (nSPS) is 10.0. The first-order chi connectivity index (χ1) is 9.11. The van der Waals surface area contributed by atoms with Crippen molar-refractivity contribution in [1.29, 1.82) is 5.26 Å². The average molecular weight is 257 g/mol. The number of nitrogens with two attached hydrogens (primary N) is 1. The average Bonchev–Trinajstić information content (AvgIpc) is 2.44. The summed E-state index contributed by atoms with van der Waals surface area (Å²) in [7, 11) is 1.35. The molecule has 0 aliphatic carbocycles. The van der Waals surface area contributed by atoms with Crippen molar-refractivity contribution in [3.8, 4) is 23.1 Å². The second-order valence-corrected chi connectivity index (χ2v) is 3.96. The number of methoxy groups -OCH3 is 1. The third-order valence-corrected chi connectivity index (χ3v) is 2.91. The molecule has 5 heteroatoms. The molecule has 0 atom stereocenters. The van der Waals surface area contributed by atoms with E-state index in [2.05, 4.69) is 4.98 Å². The highest BCUT2D eigenvalue weighted by molar-refractivity contribution is 5.78. The first-order valence-electron chi connectivity index (χ1n) is 5.58. The van der Waals surface area contributed by atoms with E-state index in [1.54, 1.807) is 31.3 Å². The third-order valence-electron chi connectivity index (χ3n) is 2.91. The lowest BCUT2D eigenvalue weighted by molar-refractivity contribution is 0.412. The number of halogens is 1. The molecule has 0 aliphatic rings. The molecular weight excluding hydrogens is 245 g/mol. The molecule has 96 valence electrons. The zero-order valence-corrected chi connectivity index (χ0v) is 10.6. The Kier molecular flexibility index (Phi) is 3.34. The molecule has 2 rings (SSSR count). The number of nitrogen functional groups attached to an aromatic ring is 1. The number of rotatable bonds is 2. The van der Waals surface area contributed by atoms with Gasteiger partial charge in [-0.3, -0.25) is 4.98 Å². The minimum absolute atomic E-state index is 0.0668. The standard InChI is InChI=1S/C14H12FN3O/c1-8-9(7-16)14(19-2)13(17)12(15)11(8)10-5-3-4-6-18-10/h3-6H,17H2,1-2H3. The van der Waals surface area contributed by atoms with Gasteiger partial charge in [0.15, 0.2) is 11.6 Å². The Morgan fingerprint density at radius 1 is 1.42 bits per heavy atom. The van der Waals surface area contributed by atoms with Crippen LogP contribution in [0, 0.1) is 24.1 Å². The zero-order valence-electron chi connectivity index (χ0n) is 10.6. The number of pyridine rings is 1. The van der Waals surface area contributed by atoms with Crippen LogP contribution in [0.2, 0.25) is 0 Å². The van der Waals surface area contributed by atoms with Crippen LogP contribution in [0.3, 0.4) is 0 Å². The maximum atomic E-state index is 14.4. The molecule has 19 heavy (non-hydrogen) atoms. The highest BCUT2D eigenvalue weighted by atomic mass is 19.1. The number of ether oxygens (including phenoxy) is 1. The topological polar surface area (TPSA) is 71.9 Å². The zero-order chi connectivity index (χ0) is 14.0. The maximum Gasteiger partial charge on any atom is 0.162 e. The number of hydrogen-bond donors (Lipinski definition) is 1. The summed E-state index contributed by atoms with van der Waals surface area (Å²) in [5, 5.41) is 9.19. The summed E-state index contributed by atoms with van der Waals surface area (Å²) in [6.07, 6.45) is 1.56. The van der Waals surface area contributed by atoms with Gasteiger partial charge < -0.3 is 10.5 Å². The van der Waals surface area contributed by atoms with E-state index in [0.717, 1.165) is 0 Å². The lowest BCUT2D eigenvalue weighted by atomic mass is 9.97. The first-order valence-corrected chi connectivity index (χ1v) is 5.58. The van der Waals surface area contributed by atoms with Crippen molar-refractivity contribution in [2.24, 2.45) is 0 Å². The predicted octanol–water partition coefficient (Wildman–Crippen LogP) is 2.66. The molecule has 0 amide bonds. The van der Waals surface area contributed by atoms with Crippen molar-refractivity contribution in [2.45, 2.75) is 6.92 Å². The van der Waals surface area contributed by atoms with Crippen LogP contribution in [-0.2, 0) is 0 Å². The van der Waals surface area contributed by atoms with Gasteiger partial charge in [-0.05, 0) is 24.6 Å². The molecule has 1 aromatic carbocycles. The van der Waals surface area contributed by atoms with E-state index in [-0.39, 0.29) is 22.6 Å². The highest BCUT2D eigenvalue weighted by Gasteiger charge is 2.22. The van der Waals surface area contributed by atoms with Crippen molar-refractivity contribution in [3.05, 3.63) is 41.3 Å². The van der Waals surface area contributed by atoms with Crippen molar-refractivity contribution < 1.29 is 9.13 Å². The summed E-state index contributed by atoms with van der Waals surface area (Å²) in [6.45, 7) is 1.65. The summed E-state index contributed by atoms with van der Waals surface area (Å²) in [4.78, 5) is 4.10. The van der Waals surface area contributed by atoms with E-state index in [9.17, 15) is 9.65 Å². The molecule has 0 aliphatic heterocycles. The van der Waals surface area contributed by atoms with Crippen molar-refractivity contribution in [3.63, 3.8) is 0 Å². The summed E-state index contributed by atoms with van der Waals surface area (Å²) in [5.74, 6) is -0.552. The predicted molar refractivity (Wildman–Crippen MR) is 70.0 cm³/mol. The van der Waals surface area contributed by atoms with Gasteiger partial charge in [0.25, 0.3) is 0 Å². The highest BCUT2D eigenvalue weighted by Crippen LogP contribution is 2.38. The van der Waals surface area contributed by atoms with E-state index >= 15 is 0 Å². The number of hydrogen-bond acceptors (Lipinski definition) is 4. The molecule has 2 aromatic rings. The fraction of sp³-hybridized carbons (Fsp3) is 0.143. The number of aromatic nitrogens is 1. The van der Waals surface area contributed by atoms with Gasteiger partial charge in [0.05, 0.1) is 18.4 Å². The fourth-order valence-corrected chi connectivity index (χ4v) is 1.99. The van der Waals surface area contributed by atoms with Crippen LogP contribution in [0.4, 0.5) is 10.1 Å². The monoisotopic (exact) mass is 257 g/mol. The Hall–Kier alpha value is -2.61. The molecule has 1 heterocycles. The quantitative estimate of drug-likeness (QED) is 0.839. The Labute approximate surface area is 110 Å². The lowest BCUT2D eigenvalue weighted by Crippen LogP contribution is -2.04. The maximum absolute atomic E-state index is 14.4.